The molecule has 0 fully saturated rings. The van der Waals surface area contributed by atoms with Gasteiger partial charge in [-0.05, 0) is 47.9 Å². The number of pyridine rings is 1. The van der Waals surface area contributed by atoms with Crippen LogP contribution in [0.2, 0.25) is 0 Å². The Morgan fingerprint density at radius 1 is 0.927 bits per heavy atom. The summed E-state index contributed by atoms with van der Waals surface area (Å²) < 4.78 is 6.12. The van der Waals surface area contributed by atoms with Crippen LogP contribution in [0.5, 0.6) is 11.6 Å². The van der Waals surface area contributed by atoms with Crippen molar-refractivity contribution in [3.05, 3.63) is 89.8 Å². The quantitative estimate of drug-likeness (QED) is 0.0806. The van der Waals surface area contributed by atoms with E-state index in [1.807, 2.05) is 72.7 Å². The number of aliphatic hydroxyl groups is 1. The van der Waals surface area contributed by atoms with Crippen LogP contribution in [-0.2, 0) is 24.9 Å². The van der Waals surface area contributed by atoms with Gasteiger partial charge in [-0.25, -0.2) is 4.98 Å². The van der Waals surface area contributed by atoms with Gasteiger partial charge in [0.25, 0.3) is 0 Å². The summed E-state index contributed by atoms with van der Waals surface area (Å²) in [7, 11) is 0. The number of hydrogen-bond acceptors (Lipinski definition) is 4. The normalized spacial score (nSPS) is 12.0. The van der Waals surface area contributed by atoms with E-state index in [0.717, 1.165) is 53.2 Å². The average Bonchev–Trinajstić information content (AvgIpc) is 2.97. The van der Waals surface area contributed by atoms with Crippen LogP contribution in [0, 0.1) is 30.7 Å². The van der Waals surface area contributed by atoms with Crippen LogP contribution < -0.4 is 4.74 Å². The molecule has 41 heavy (non-hydrogen) atoms. The van der Waals surface area contributed by atoms with Crippen molar-refractivity contribution in [1.82, 2.24) is 4.98 Å². The summed E-state index contributed by atoms with van der Waals surface area (Å²) >= 11 is 0. The largest absolute Gasteiger partial charge is 0.512 e. The van der Waals surface area contributed by atoms with E-state index in [1.54, 1.807) is 6.20 Å². The monoisotopic (exact) mass is 731 g/mol. The van der Waals surface area contributed by atoms with Crippen LogP contribution in [0.1, 0.15) is 78.4 Å². The third-order valence-corrected chi connectivity index (χ3v) is 8.66. The van der Waals surface area contributed by atoms with Gasteiger partial charge in [-0.1, -0.05) is 91.8 Å². The first-order valence-electron chi connectivity index (χ1n) is 14.4. The molecule has 0 saturated heterocycles. The minimum atomic E-state index is -0.337. The van der Waals surface area contributed by atoms with Crippen molar-refractivity contribution in [1.29, 1.82) is 0 Å². The van der Waals surface area contributed by atoms with Crippen molar-refractivity contribution in [2.75, 3.05) is 0 Å². The minimum absolute atomic E-state index is 0. The molecule has 0 atom stereocenters. The molecule has 0 saturated carbocycles. The molecule has 4 aromatic rings. The van der Waals surface area contributed by atoms with Gasteiger partial charge in [0.15, 0.2) is 5.78 Å². The van der Waals surface area contributed by atoms with Crippen molar-refractivity contribution >= 4 is 27.3 Å². The Morgan fingerprint density at radius 3 is 2.15 bits per heavy atom. The van der Waals surface area contributed by atoms with E-state index < -0.39 is 0 Å². The number of aliphatic hydroxyl groups excluding tert-OH is 1. The average molecular weight is 731 g/mol. The Hall–Kier alpha value is -3.01. The molecule has 4 nitrogen and oxygen atoms in total. The fraction of sp³-hybridized carbons (Fsp3) is 0.389. The summed E-state index contributed by atoms with van der Waals surface area (Å²) in [4.78, 5) is 16.7. The topological polar surface area (TPSA) is 59.4 Å². The zero-order chi connectivity index (χ0) is 29.5. The number of hydrogen-bond donors (Lipinski definition) is 1. The number of aromatic nitrogens is 1. The zero-order valence-corrected chi connectivity index (χ0v) is 28.1. The van der Waals surface area contributed by atoms with Crippen molar-refractivity contribution in [3.63, 3.8) is 0 Å². The van der Waals surface area contributed by atoms with Crippen LogP contribution in [0.3, 0.4) is 0 Å². The second-order valence-electron chi connectivity index (χ2n) is 11.2. The van der Waals surface area contributed by atoms with Gasteiger partial charge in [0, 0.05) is 49.0 Å². The van der Waals surface area contributed by atoms with Crippen LogP contribution in [0.4, 0.5) is 0 Å². The molecular formula is C36H44IrNO3-. The number of rotatable bonds is 9. The maximum Gasteiger partial charge on any atom is 0.225 e. The summed E-state index contributed by atoms with van der Waals surface area (Å²) in [6.45, 7) is 16.2. The second kappa shape index (κ2) is 14.8. The van der Waals surface area contributed by atoms with Crippen molar-refractivity contribution in [3.8, 4) is 11.6 Å². The van der Waals surface area contributed by atoms with Crippen molar-refractivity contribution < 1.29 is 34.7 Å². The molecule has 0 spiro atoms. The number of aryl methyl sites for hydroxylation is 2. The molecule has 1 N–H and O–H groups in total. The van der Waals surface area contributed by atoms with Crippen molar-refractivity contribution in [2.45, 2.75) is 81.1 Å². The predicted molar refractivity (Wildman–Crippen MR) is 167 cm³/mol. The maximum atomic E-state index is 12.2. The first kappa shape index (κ1) is 34.2. The molecule has 221 valence electrons. The number of ether oxygens (including phenoxy) is 1. The molecule has 0 aliphatic carbocycles. The second-order valence-corrected chi connectivity index (χ2v) is 11.2. The third kappa shape index (κ3) is 7.84. The van der Waals surface area contributed by atoms with Crippen molar-refractivity contribution in [2.24, 2.45) is 10.8 Å². The summed E-state index contributed by atoms with van der Waals surface area (Å²) in [6.07, 6.45) is 6.54. The van der Waals surface area contributed by atoms with E-state index in [2.05, 4.69) is 48.3 Å². The van der Waals surface area contributed by atoms with E-state index in [1.165, 1.54) is 17.0 Å². The molecule has 0 amide bonds. The maximum absolute atomic E-state index is 12.2. The van der Waals surface area contributed by atoms with Gasteiger partial charge >= 0.3 is 0 Å². The molecule has 0 aliphatic heterocycles. The number of nitrogens with zero attached hydrogens (tertiary/aromatic N) is 1. The summed E-state index contributed by atoms with van der Waals surface area (Å²) in [5.74, 6) is 1.64. The molecular weight excluding hydrogens is 687 g/mol. The fourth-order valence-electron chi connectivity index (χ4n) is 4.63. The fourth-order valence-corrected chi connectivity index (χ4v) is 4.63. The minimum Gasteiger partial charge on any atom is -0.512 e. The standard InChI is InChI=1S/C21H16NO.C15H28O2.Ir/c1-14-7-10-19(15(2)13-14)23-21-20-17(11-12-22-21)9-8-16-5-3-4-6-18(16)20;1-7-14(5,8-2)12(16)11-13(17)15(6,9-3)10-4;/h3-9,11-13H,1-2H3;11,16H,7-10H2,1-6H3;/q-1;;/b;12-11-;. The molecule has 0 aliphatic rings. The third-order valence-electron chi connectivity index (χ3n) is 8.66. The number of ketones is 1. The molecule has 4 rings (SSSR count). The van der Waals surface area contributed by atoms with E-state index >= 15 is 0 Å². The number of carbonyl (C=O) groups excluding carboxylic acids is 1. The van der Waals surface area contributed by atoms with Crippen LogP contribution in [-0.4, -0.2) is 15.9 Å². The number of fused-ring (bicyclic) bond motifs is 3. The Labute approximate surface area is 259 Å². The molecule has 0 unspecified atom stereocenters. The van der Waals surface area contributed by atoms with E-state index in [4.69, 9.17) is 4.74 Å². The number of benzene rings is 3. The Balaban J connectivity index is 0.000000296. The Kier molecular flexibility index (Phi) is 12.3. The SMILES string of the molecule is CCC(C)(CC)C(=O)/C=C(\O)C(C)(CC)CC.Cc1c[c-]c(Oc2nccc3ccc4ccccc4c23)c(C)c1.[Ir]. The van der Waals surface area contributed by atoms with Gasteiger partial charge in [-0.2, -0.15) is 17.7 Å². The first-order valence-corrected chi connectivity index (χ1v) is 14.4. The van der Waals surface area contributed by atoms with Crippen LogP contribution in [0.25, 0.3) is 21.5 Å². The molecule has 3 aromatic carbocycles. The molecule has 1 radical (unpaired) electrons. The van der Waals surface area contributed by atoms with Gasteiger partial charge in [-0.15, -0.1) is 11.6 Å². The van der Waals surface area contributed by atoms with E-state index in [-0.39, 0.29) is 42.5 Å². The Bertz CT molecular complexity index is 1500. The predicted octanol–water partition coefficient (Wildman–Crippen LogP) is 10.2. The Morgan fingerprint density at radius 2 is 1.54 bits per heavy atom. The van der Waals surface area contributed by atoms with E-state index in [9.17, 15) is 9.90 Å². The molecule has 1 aromatic heterocycles. The van der Waals surface area contributed by atoms with Gasteiger partial charge in [-0.3, -0.25) is 4.79 Å². The first-order chi connectivity index (χ1) is 19.0. The number of carbonyl (C=O) groups is 1. The summed E-state index contributed by atoms with van der Waals surface area (Å²) in [5.41, 5.74) is 1.63. The molecule has 1 heterocycles. The van der Waals surface area contributed by atoms with E-state index in [0.29, 0.717) is 5.88 Å². The molecule has 0 bridgehead atoms. The summed E-state index contributed by atoms with van der Waals surface area (Å²) in [5, 5.41) is 14.6. The van der Waals surface area contributed by atoms with Gasteiger partial charge < -0.3 is 9.84 Å². The van der Waals surface area contributed by atoms with Crippen LogP contribution >= 0.6 is 0 Å². The zero-order valence-electron chi connectivity index (χ0n) is 25.7. The smallest absolute Gasteiger partial charge is 0.225 e. The van der Waals surface area contributed by atoms with Gasteiger partial charge in [0.2, 0.25) is 5.88 Å². The summed E-state index contributed by atoms with van der Waals surface area (Å²) in [6, 6.07) is 21.8. The number of allylic oxidation sites excluding steroid dienone is 2. The van der Waals surface area contributed by atoms with Gasteiger partial charge in [0.1, 0.15) is 5.76 Å². The molecule has 5 heteroatoms. The van der Waals surface area contributed by atoms with Gasteiger partial charge in [0.05, 0.1) is 5.39 Å². The van der Waals surface area contributed by atoms with Crippen LogP contribution in [0.15, 0.2) is 72.6 Å².